The fraction of sp³-hybridized carbons (Fsp3) is 0.120. The molecule has 0 fully saturated rings. The van der Waals surface area contributed by atoms with E-state index < -0.39 is 5.91 Å². The fourth-order valence-corrected chi connectivity index (χ4v) is 2.77. The van der Waals surface area contributed by atoms with Gasteiger partial charge in [-0.05, 0) is 47.5 Å². The molecule has 0 saturated heterocycles. The molecule has 0 aromatic heterocycles. The van der Waals surface area contributed by atoms with Crippen molar-refractivity contribution in [2.45, 2.75) is 13.2 Å². The van der Waals surface area contributed by atoms with Crippen LogP contribution >= 0.6 is 0 Å². The van der Waals surface area contributed by atoms with Crippen LogP contribution in [0, 0.1) is 17.1 Å². The molecule has 0 aliphatic carbocycles. The van der Waals surface area contributed by atoms with Crippen LogP contribution in [0.4, 0.5) is 4.39 Å². The summed E-state index contributed by atoms with van der Waals surface area (Å²) in [7, 11) is 1.59. The van der Waals surface area contributed by atoms with Crippen LogP contribution in [0.15, 0.2) is 78.4 Å². The second kappa shape index (κ2) is 10.6. The Morgan fingerprint density at radius 3 is 2.35 bits per heavy atom. The average molecular weight is 416 g/mol. The van der Waals surface area contributed by atoms with Gasteiger partial charge in [-0.2, -0.15) is 5.26 Å². The van der Waals surface area contributed by atoms with Crippen LogP contribution in [0.1, 0.15) is 16.7 Å². The van der Waals surface area contributed by atoms with E-state index in [0.29, 0.717) is 23.4 Å². The first-order chi connectivity index (χ1) is 15.1. The first-order valence-corrected chi connectivity index (χ1v) is 9.58. The van der Waals surface area contributed by atoms with Gasteiger partial charge in [-0.15, -0.1) is 0 Å². The Morgan fingerprint density at radius 1 is 1.03 bits per heavy atom. The van der Waals surface area contributed by atoms with Gasteiger partial charge in [0, 0.05) is 12.1 Å². The molecule has 0 unspecified atom stereocenters. The van der Waals surface area contributed by atoms with Crippen LogP contribution in [-0.2, 0) is 17.9 Å². The molecule has 0 heterocycles. The lowest BCUT2D eigenvalue weighted by molar-refractivity contribution is -0.117. The first-order valence-electron chi connectivity index (χ1n) is 9.58. The zero-order valence-corrected chi connectivity index (χ0v) is 17.0. The molecule has 0 spiro atoms. The van der Waals surface area contributed by atoms with Crippen LogP contribution in [0.3, 0.4) is 0 Å². The Morgan fingerprint density at radius 2 is 1.71 bits per heavy atom. The van der Waals surface area contributed by atoms with Crippen molar-refractivity contribution in [3.8, 4) is 17.6 Å². The molecule has 1 N–H and O–H groups in total. The number of methoxy groups -OCH3 is 1. The summed E-state index contributed by atoms with van der Waals surface area (Å²) < 4.78 is 24.4. The van der Waals surface area contributed by atoms with Gasteiger partial charge in [-0.1, -0.05) is 42.5 Å². The van der Waals surface area contributed by atoms with E-state index >= 15 is 0 Å². The number of halogens is 1. The van der Waals surface area contributed by atoms with Gasteiger partial charge in [0.2, 0.25) is 0 Å². The second-order valence-electron chi connectivity index (χ2n) is 6.65. The first kappa shape index (κ1) is 21.6. The SMILES string of the molecule is COc1ccc(CNC(=O)/C(C#N)=C\c2ccc(OCc3ccccc3F)cc2)cc1. The molecule has 6 heteroatoms. The zero-order chi connectivity index (χ0) is 22.1. The quantitative estimate of drug-likeness (QED) is 0.429. The number of carbonyl (C=O) groups is 1. The lowest BCUT2D eigenvalue weighted by atomic mass is 10.1. The molecule has 3 aromatic rings. The number of nitrogens with zero attached hydrogens (tertiary/aromatic N) is 1. The lowest BCUT2D eigenvalue weighted by Crippen LogP contribution is -2.23. The highest BCUT2D eigenvalue weighted by atomic mass is 19.1. The highest BCUT2D eigenvalue weighted by Crippen LogP contribution is 2.17. The smallest absolute Gasteiger partial charge is 0.262 e. The third-order valence-corrected chi connectivity index (χ3v) is 4.52. The predicted octanol–water partition coefficient (Wildman–Crippen LogP) is 4.64. The Labute approximate surface area is 180 Å². The van der Waals surface area contributed by atoms with Crippen molar-refractivity contribution in [3.05, 3.63) is 101 Å². The maximum atomic E-state index is 13.7. The summed E-state index contributed by atoms with van der Waals surface area (Å²) in [4.78, 5) is 12.3. The number of hydrogen-bond donors (Lipinski definition) is 1. The summed E-state index contributed by atoms with van der Waals surface area (Å²) in [6.45, 7) is 0.406. The van der Waals surface area contributed by atoms with E-state index in [0.717, 1.165) is 11.3 Å². The minimum Gasteiger partial charge on any atom is -0.497 e. The maximum absolute atomic E-state index is 13.7. The Balaban J connectivity index is 1.58. The van der Waals surface area contributed by atoms with Gasteiger partial charge < -0.3 is 14.8 Å². The summed E-state index contributed by atoms with van der Waals surface area (Å²) in [5.41, 5.74) is 2.03. The molecule has 0 aliphatic rings. The summed E-state index contributed by atoms with van der Waals surface area (Å²) in [6.07, 6.45) is 1.50. The van der Waals surface area contributed by atoms with Crippen LogP contribution in [0.2, 0.25) is 0 Å². The fourth-order valence-electron chi connectivity index (χ4n) is 2.77. The zero-order valence-electron chi connectivity index (χ0n) is 17.0. The van der Waals surface area contributed by atoms with Gasteiger partial charge in [0.25, 0.3) is 5.91 Å². The van der Waals surface area contributed by atoms with Crippen LogP contribution in [-0.4, -0.2) is 13.0 Å². The highest BCUT2D eigenvalue weighted by molar-refractivity contribution is 6.01. The molecule has 5 nitrogen and oxygen atoms in total. The Kier molecular flexibility index (Phi) is 7.39. The topological polar surface area (TPSA) is 71.3 Å². The number of benzene rings is 3. The van der Waals surface area contributed by atoms with Crippen molar-refractivity contribution in [2.75, 3.05) is 7.11 Å². The molecule has 0 saturated carbocycles. The molecule has 1 amide bonds. The molecule has 156 valence electrons. The number of amides is 1. The standard InChI is InChI=1S/C25H21FN2O3/c1-30-22-10-8-19(9-11-22)16-28-25(29)21(15-27)14-18-6-12-23(13-7-18)31-17-20-4-2-3-5-24(20)26/h2-14H,16-17H2,1H3,(H,28,29)/b21-14-. The summed E-state index contributed by atoms with van der Waals surface area (Å²) >= 11 is 0. The van der Waals surface area contributed by atoms with E-state index in [1.54, 1.807) is 61.7 Å². The molecule has 0 bridgehead atoms. The van der Waals surface area contributed by atoms with E-state index in [4.69, 9.17) is 9.47 Å². The third-order valence-electron chi connectivity index (χ3n) is 4.52. The van der Waals surface area contributed by atoms with E-state index in [-0.39, 0.29) is 18.0 Å². The van der Waals surface area contributed by atoms with E-state index in [2.05, 4.69) is 5.32 Å². The van der Waals surface area contributed by atoms with Crippen molar-refractivity contribution in [1.29, 1.82) is 5.26 Å². The van der Waals surface area contributed by atoms with Crippen LogP contribution < -0.4 is 14.8 Å². The molecule has 0 atom stereocenters. The van der Waals surface area contributed by atoms with Gasteiger partial charge in [-0.3, -0.25) is 4.79 Å². The lowest BCUT2D eigenvalue weighted by Gasteiger charge is -2.08. The number of ether oxygens (including phenoxy) is 2. The molecule has 0 radical (unpaired) electrons. The van der Waals surface area contributed by atoms with Crippen molar-refractivity contribution in [1.82, 2.24) is 5.32 Å². The molecular weight excluding hydrogens is 395 g/mol. The van der Waals surface area contributed by atoms with Gasteiger partial charge in [0.05, 0.1) is 7.11 Å². The third kappa shape index (κ3) is 6.18. The highest BCUT2D eigenvalue weighted by Gasteiger charge is 2.09. The minimum atomic E-state index is -0.460. The molecule has 31 heavy (non-hydrogen) atoms. The largest absolute Gasteiger partial charge is 0.497 e. The summed E-state index contributed by atoms with van der Waals surface area (Å²) in [5, 5.41) is 12.1. The van der Waals surface area contributed by atoms with Gasteiger partial charge in [-0.25, -0.2) is 4.39 Å². The number of nitriles is 1. The number of hydrogen-bond acceptors (Lipinski definition) is 4. The van der Waals surface area contributed by atoms with Crippen molar-refractivity contribution in [2.24, 2.45) is 0 Å². The molecule has 3 aromatic carbocycles. The molecular formula is C25H21FN2O3. The van der Waals surface area contributed by atoms with Crippen molar-refractivity contribution >= 4 is 12.0 Å². The van der Waals surface area contributed by atoms with E-state index in [9.17, 15) is 14.4 Å². The normalized spacial score (nSPS) is 10.8. The van der Waals surface area contributed by atoms with E-state index in [1.807, 2.05) is 18.2 Å². The summed E-state index contributed by atoms with van der Waals surface area (Å²) in [6, 6.07) is 22.5. The van der Waals surface area contributed by atoms with Crippen LogP contribution in [0.25, 0.3) is 6.08 Å². The van der Waals surface area contributed by atoms with Crippen molar-refractivity contribution < 1.29 is 18.7 Å². The minimum absolute atomic E-state index is 0.00598. The number of carbonyl (C=O) groups excluding carboxylic acids is 1. The van der Waals surface area contributed by atoms with Gasteiger partial charge in [0.1, 0.15) is 35.6 Å². The monoisotopic (exact) mass is 416 g/mol. The predicted molar refractivity (Wildman–Crippen MR) is 116 cm³/mol. The second-order valence-corrected chi connectivity index (χ2v) is 6.65. The van der Waals surface area contributed by atoms with Crippen LogP contribution in [0.5, 0.6) is 11.5 Å². The van der Waals surface area contributed by atoms with Crippen molar-refractivity contribution in [3.63, 3.8) is 0 Å². The Bertz CT molecular complexity index is 1100. The summed E-state index contributed by atoms with van der Waals surface area (Å²) in [5.74, 6) is 0.511. The average Bonchev–Trinajstić information content (AvgIpc) is 2.81. The van der Waals surface area contributed by atoms with Gasteiger partial charge in [0.15, 0.2) is 0 Å². The number of rotatable bonds is 8. The Hall–Kier alpha value is -4.11. The maximum Gasteiger partial charge on any atom is 0.262 e. The number of nitrogens with one attached hydrogen (secondary N) is 1. The molecule has 0 aliphatic heterocycles. The van der Waals surface area contributed by atoms with E-state index in [1.165, 1.54) is 12.1 Å². The van der Waals surface area contributed by atoms with Gasteiger partial charge >= 0.3 is 0 Å². The molecule has 3 rings (SSSR count).